The number of nitrogens with one attached hydrogen (secondary N) is 1. The largest absolute Gasteiger partial charge is 0.394 e. The van der Waals surface area contributed by atoms with E-state index in [0.29, 0.717) is 36.0 Å². The zero-order valence-electron chi connectivity index (χ0n) is 12.6. The van der Waals surface area contributed by atoms with E-state index in [1.165, 1.54) is 18.4 Å². The molecule has 1 aliphatic rings. The van der Waals surface area contributed by atoms with E-state index < -0.39 is 0 Å². The summed E-state index contributed by atoms with van der Waals surface area (Å²) in [6.07, 6.45) is 6.21. The number of ether oxygens (including phenoxy) is 1. The van der Waals surface area contributed by atoms with Crippen LogP contribution in [0.1, 0.15) is 40.4 Å². The van der Waals surface area contributed by atoms with Gasteiger partial charge in [0, 0.05) is 18.9 Å². The molecule has 0 saturated heterocycles. The van der Waals surface area contributed by atoms with Crippen molar-refractivity contribution in [2.75, 3.05) is 26.4 Å². The molecule has 1 amide bonds. The van der Waals surface area contributed by atoms with Crippen molar-refractivity contribution in [2.24, 2.45) is 0 Å². The topological polar surface area (TPSA) is 88.8 Å². The standard InChI is InChI=1S/C15H20N4O3/c1-10-13(15(21)16-4-6-22-7-5-20)14-17-8-12(11-2-3-11)9-19(14)18-10/h8-9,11,20H,2-7H2,1H3,(H,16,21). The number of fused-ring (bicyclic) bond motifs is 1. The van der Waals surface area contributed by atoms with Crippen LogP contribution in [0.25, 0.3) is 5.65 Å². The van der Waals surface area contributed by atoms with Gasteiger partial charge in [0.25, 0.3) is 5.91 Å². The highest BCUT2D eigenvalue weighted by molar-refractivity contribution is 6.00. The Morgan fingerprint density at radius 3 is 3.05 bits per heavy atom. The number of nitrogens with zero attached hydrogens (tertiary/aromatic N) is 3. The van der Waals surface area contributed by atoms with Crippen molar-refractivity contribution >= 4 is 11.6 Å². The second-order valence-corrected chi connectivity index (χ2v) is 5.48. The maximum Gasteiger partial charge on any atom is 0.257 e. The van der Waals surface area contributed by atoms with Gasteiger partial charge in [-0.2, -0.15) is 5.10 Å². The number of rotatable bonds is 7. The van der Waals surface area contributed by atoms with Gasteiger partial charge in [-0.15, -0.1) is 0 Å². The summed E-state index contributed by atoms with van der Waals surface area (Å²) >= 11 is 0. The van der Waals surface area contributed by atoms with Crippen LogP contribution < -0.4 is 5.32 Å². The second-order valence-electron chi connectivity index (χ2n) is 5.48. The van der Waals surface area contributed by atoms with Gasteiger partial charge in [-0.05, 0) is 31.2 Å². The lowest BCUT2D eigenvalue weighted by Gasteiger charge is -2.05. The van der Waals surface area contributed by atoms with Crippen LogP contribution in [0.15, 0.2) is 12.4 Å². The first-order chi connectivity index (χ1) is 10.7. The Hall–Kier alpha value is -1.99. The summed E-state index contributed by atoms with van der Waals surface area (Å²) in [6.45, 7) is 2.81. The number of hydrogen-bond donors (Lipinski definition) is 2. The van der Waals surface area contributed by atoms with Gasteiger partial charge in [-0.25, -0.2) is 9.50 Å². The maximum atomic E-state index is 12.3. The quantitative estimate of drug-likeness (QED) is 0.733. The number of carbonyl (C=O) groups is 1. The van der Waals surface area contributed by atoms with Gasteiger partial charge in [-0.1, -0.05) is 0 Å². The van der Waals surface area contributed by atoms with E-state index in [2.05, 4.69) is 15.4 Å². The molecule has 1 aliphatic carbocycles. The normalized spacial score (nSPS) is 14.5. The van der Waals surface area contributed by atoms with E-state index in [0.717, 1.165) is 0 Å². The van der Waals surface area contributed by atoms with Crippen LogP contribution in [0, 0.1) is 6.92 Å². The Kier molecular flexibility index (Phi) is 4.35. The number of aliphatic hydroxyl groups excluding tert-OH is 1. The van der Waals surface area contributed by atoms with Crippen molar-refractivity contribution in [3.8, 4) is 0 Å². The summed E-state index contributed by atoms with van der Waals surface area (Å²) in [6, 6.07) is 0. The minimum absolute atomic E-state index is 0.0195. The number of aromatic nitrogens is 3. The fourth-order valence-electron chi connectivity index (χ4n) is 2.44. The van der Waals surface area contributed by atoms with Crippen molar-refractivity contribution in [2.45, 2.75) is 25.7 Å². The van der Waals surface area contributed by atoms with Gasteiger partial charge in [-0.3, -0.25) is 4.79 Å². The summed E-state index contributed by atoms with van der Waals surface area (Å²) in [4.78, 5) is 16.7. The molecule has 2 heterocycles. The molecule has 0 unspecified atom stereocenters. The van der Waals surface area contributed by atoms with Gasteiger partial charge in [0.15, 0.2) is 5.65 Å². The third kappa shape index (κ3) is 3.10. The SMILES string of the molecule is Cc1nn2cc(C3CC3)cnc2c1C(=O)NCCOCCO. The summed E-state index contributed by atoms with van der Waals surface area (Å²) < 4.78 is 6.81. The first-order valence-corrected chi connectivity index (χ1v) is 7.52. The summed E-state index contributed by atoms with van der Waals surface area (Å²) in [5.74, 6) is 0.397. The van der Waals surface area contributed by atoms with Gasteiger partial charge in [0.1, 0.15) is 5.56 Å². The van der Waals surface area contributed by atoms with E-state index >= 15 is 0 Å². The van der Waals surface area contributed by atoms with Crippen LogP contribution in [0.2, 0.25) is 0 Å². The highest BCUT2D eigenvalue weighted by atomic mass is 16.5. The van der Waals surface area contributed by atoms with E-state index in [1.54, 1.807) is 4.52 Å². The third-order valence-corrected chi connectivity index (χ3v) is 3.71. The number of carbonyl (C=O) groups excluding carboxylic acids is 1. The lowest BCUT2D eigenvalue weighted by atomic mass is 10.2. The lowest BCUT2D eigenvalue weighted by molar-refractivity contribution is 0.0838. The highest BCUT2D eigenvalue weighted by Gasteiger charge is 2.25. The second kappa shape index (κ2) is 6.41. The van der Waals surface area contributed by atoms with Gasteiger partial charge in [0.05, 0.1) is 25.5 Å². The predicted octanol–water partition coefficient (Wildman–Crippen LogP) is 0.654. The molecular weight excluding hydrogens is 284 g/mol. The molecule has 0 spiro atoms. The Labute approximate surface area is 128 Å². The van der Waals surface area contributed by atoms with Crippen molar-refractivity contribution in [1.82, 2.24) is 19.9 Å². The summed E-state index contributed by atoms with van der Waals surface area (Å²) in [5, 5.41) is 15.8. The Morgan fingerprint density at radius 1 is 1.50 bits per heavy atom. The molecular formula is C15H20N4O3. The van der Waals surface area contributed by atoms with E-state index in [-0.39, 0.29) is 19.1 Å². The van der Waals surface area contributed by atoms with E-state index in [4.69, 9.17) is 9.84 Å². The van der Waals surface area contributed by atoms with Gasteiger partial charge >= 0.3 is 0 Å². The van der Waals surface area contributed by atoms with Crippen molar-refractivity contribution in [3.05, 3.63) is 29.2 Å². The van der Waals surface area contributed by atoms with Crippen molar-refractivity contribution < 1.29 is 14.6 Å². The van der Waals surface area contributed by atoms with Crippen LogP contribution in [0.3, 0.4) is 0 Å². The molecule has 0 bridgehead atoms. The minimum atomic E-state index is -0.202. The monoisotopic (exact) mass is 304 g/mol. The van der Waals surface area contributed by atoms with Crippen LogP contribution in [0.5, 0.6) is 0 Å². The molecule has 0 radical (unpaired) electrons. The highest BCUT2D eigenvalue weighted by Crippen LogP contribution is 2.39. The van der Waals surface area contributed by atoms with E-state index in [9.17, 15) is 4.79 Å². The van der Waals surface area contributed by atoms with Gasteiger partial charge < -0.3 is 15.2 Å². The molecule has 2 aromatic heterocycles. The predicted molar refractivity (Wildman–Crippen MR) is 79.9 cm³/mol. The third-order valence-electron chi connectivity index (χ3n) is 3.71. The van der Waals surface area contributed by atoms with E-state index in [1.807, 2.05) is 19.3 Å². The molecule has 118 valence electrons. The van der Waals surface area contributed by atoms with Crippen LogP contribution in [-0.2, 0) is 4.74 Å². The molecule has 3 rings (SSSR count). The average molecular weight is 304 g/mol. The molecule has 0 aromatic carbocycles. The maximum absolute atomic E-state index is 12.3. The molecule has 22 heavy (non-hydrogen) atoms. The van der Waals surface area contributed by atoms with Crippen LogP contribution in [0.4, 0.5) is 0 Å². The molecule has 1 saturated carbocycles. The van der Waals surface area contributed by atoms with Crippen LogP contribution >= 0.6 is 0 Å². The Morgan fingerprint density at radius 2 is 2.32 bits per heavy atom. The zero-order chi connectivity index (χ0) is 15.5. The number of aryl methyl sites for hydroxylation is 1. The summed E-state index contributed by atoms with van der Waals surface area (Å²) in [5.41, 5.74) is 2.92. The Balaban J connectivity index is 1.72. The average Bonchev–Trinajstić information content (AvgIpc) is 3.29. The molecule has 2 N–H and O–H groups in total. The fourth-order valence-corrected chi connectivity index (χ4v) is 2.44. The van der Waals surface area contributed by atoms with Crippen molar-refractivity contribution in [1.29, 1.82) is 0 Å². The Bertz CT molecular complexity index is 679. The summed E-state index contributed by atoms with van der Waals surface area (Å²) in [7, 11) is 0. The molecule has 7 nitrogen and oxygen atoms in total. The molecule has 0 aliphatic heterocycles. The number of aliphatic hydroxyl groups is 1. The van der Waals surface area contributed by atoms with Crippen molar-refractivity contribution in [3.63, 3.8) is 0 Å². The van der Waals surface area contributed by atoms with Crippen LogP contribution in [-0.4, -0.2) is 52.0 Å². The minimum Gasteiger partial charge on any atom is -0.394 e. The first-order valence-electron chi connectivity index (χ1n) is 7.52. The molecule has 0 atom stereocenters. The zero-order valence-corrected chi connectivity index (χ0v) is 12.6. The smallest absolute Gasteiger partial charge is 0.257 e. The number of amides is 1. The molecule has 1 fully saturated rings. The fraction of sp³-hybridized carbons (Fsp3) is 0.533. The molecule has 2 aromatic rings. The lowest BCUT2D eigenvalue weighted by Crippen LogP contribution is -2.28. The molecule has 7 heteroatoms. The first kappa shape index (κ1) is 14.9. The number of hydrogen-bond acceptors (Lipinski definition) is 5. The van der Waals surface area contributed by atoms with Gasteiger partial charge in [0.2, 0.25) is 0 Å².